The lowest BCUT2D eigenvalue weighted by atomic mass is 10.2. The van der Waals surface area contributed by atoms with Crippen LogP contribution in [0.5, 0.6) is 0 Å². The number of aryl methyl sites for hydroxylation is 1. The van der Waals surface area contributed by atoms with Crippen LogP contribution in [-0.4, -0.2) is 7.05 Å². The van der Waals surface area contributed by atoms with E-state index in [0.29, 0.717) is 0 Å². The van der Waals surface area contributed by atoms with Gasteiger partial charge in [0.25, 0.3) is 0 Å². The number of anilines is 2. The van der Waals surface area contributed by atoms with Gasteiger partial charge < -0.3 is 10.6 Å². The second-order valence-corrected chi connectivity index (χ2v) is 5.14. The maximum Gasteiger partial charge on any atom is 0.0487 e. The number of halogens is 1. The van der Waals surface area contributed by atoms with Crippen LogP contribution in [0.1, 0.15) is 11.1 Å². The number of hydrogen-bond acceptors (Lipinski definition) is 2. The van der Waals surface area contributed by atoms with E-state index in [1.807, 2.05) is 7.05 Å². The summed E-state index contributed by atoms with van der Waals surface area (Å²) in [5, 5.41) is 6.58. The van der Waals surface area contributed by atoms with E-state index in [4.69, 9.17) is 0 Å². The second-order valence-electron chi connectivity index (χ2n) is 4.29. The molecule has 0 unspecified atom stereocenters. The quantitative estimate of drug-likeness (QED) is 0.874. The van der Waals surface area contributed by atoms with Crippen molar-refractivity contribution in [3.8, 4) is 0 Å². The fourth-order valence-corrected chi connectivity index (χ4v) is 2.43. The summed E-state index contributed by atoms with van der Waals surface area (Å²) < 4.78 is 1.10. The molecule has 0 amide bonds. The summed E-state index contributed by atoms with van der Waals surface area (Å²) in [6, 6.07) is 14.7. The van der Waals surface area contributed by atoms with Crippen molar-refractivity contribution in [1.82, 2.24) is 0 Å². The highest BCUT2D eigenvalue weighted by Gasteiger charge is 2.00. The summed E-state index contributed by atoms with van der Waals surface area (Å²) in [5.74, 6) is 0. The number of nitrogens with one attached hydrogen (secondary N) is 2. The fourth-order valence-electron chi connectivity index (χ4n) is 1.80. The van der Waals surface area contributed by atoms with E-state index < -0.39 is 0 Å². The van der Waals surface area contributed by atoms with E-state index in [2.05, 4.69) is 76.0 Å². The molecule has 0 aliphatic carbocycles. The van der Waals surface area contributed by atoms with Crippen molar-refractivity contribution in [3.05, 3.63) is 58.1 Å². The second kappa shape index (κ2) is 5.91. The monoisotopic (exact) mass is 304 g/mol. The van der Waals surface area contributed by atoms with Crippen LogP contribution in [0.15, 0.2) is 46.9 Å². The number of benzene rings is 2. The Morgan fingerprint density at radius 1 is 1.11 bits per heavy atom. The zero-order valence-electron chi connectivity index (χ0n) is 10.6. The Labute approximate surface area is 117 Å². The Morgan fingerprint density at radius 2 is 1.94 bits per heavy atom. The molecule has 0 aromatic heterocycles. The van der Waals surface area contributed by atoms with Crippen molar-refractivity contribution in [3.63, 3.8) is 0 Å². The Hall–Kier alpha value is -1.48. The lowest BCUT2D eigenvalue weighted by Crippen LogP contribution is -2.00. The maximum absolute atomic E-state index is 3.57. The molecular weight excluding hydrogens is 288 g/mol. The molecule has 2 rings (SSSR count). The van der Waals surface area contributed by atoms with Crippen LogP contribution in [0, 0.1) is 6.92 Å². The molecule has 0 aliphatic heterocycles. The molecule has 0 fully saturated rings. The Kier molecular flexibility index (Phi) is 4.26. The average molecular weight is 305 g/mol. The molecule has 2 nitrogen and oxygen atoms in total. The fraction of sp³-hybridized carbons (Fsp3) is 0.200. The van der Waals surface area contributed by atoms with E-state index in [1.54, 1.807) is 0 Å². The molecule has 0 atom stereocenters. The van der Waals surface area contributed by atoms with Gasteiger partial charge in [-0.25, -0.2) is 0 Å². The van der Waals surface area contributed by atoms with Crippen molar-refractivity contribution < 1.29 is 0 Å². The SMILES string of the molecule is CNc1cccc(CNc2ccc(C)cc2Br)c1. The molecule has 0 spiro atoms. The van der Waals surface area contributed by atoms with Gasteiger partial charge in [0.05, 0.1) is 0 Å². The van der Waals surface area contributed by atoms with E-state index in [1.165, 1.54) is 11.1 Å². The number of rotatable bonds is 4. The van der Waals surface area contributed by atoms with Crippen molar-refractivity contribution in [2.24, 2.45) is 0 Å². The molecule has 3 heteroatoms. The molecule has 18 heavy (non-hydrogen) atoms. The third-order valence-electron chi connectivity index (χ3n) is 2.82. The van der Waals surface area contributed by atoms with Gasteiger partial charge in [-0.3, -0.25) is 0 Å². The first-order valence-corrected chi connectivity index (χ1v) is 6.75. The van der Waals surface area contributed by atoms with Crippen molar-refractivity contribution in [1.29, 1.82) is 0 Å². The summed E-state index contributed by atoms with van der Waals surface area (Å²) in [6.45, 7) is 2.90. The van der Waals surface area contributed by atoms with E-state index in [9.17, 15) is 0 Å². The van der Waals surface area contributed by atoms with E-state index in [0.717, 1.165) is 22.4 Å². The Balaban J connectivity index is 2.06. The van der Waals surface area contributed by atoms with Gasteiger partial charge in [0.15, 0.2) is 0 Å². The average Bonchev–Trinajstić information content (AvgIpc) is 2.38. The maximum atomic E-state index is 3.57. The molecule has 0 radical (unpaired) electrons. The topological polar surface area (TPSA) is 24.1 Å². The standard InChI is InChI=1S/C15H17BrN2/c1-11-6-7-15(14(16)8-11)18-10-12-4-3-5-13(9-12)17-2/h3-9,17-18H,10H2,1-2H3. The van der Waals surface area contributed by atoms with Gasteiger partial charge in [0.1, 0.15) is 0 Å². The van der Waals surface area contributed by atoms with Crippen LogP contribution in [0.25, 0.3) is 0 Å². The largest absolute Gasteiger partial charge is 0.388 e. The first-order chi connectivity index (χ1) is 8.69. The van der Waals surface area contributed by atoms with Gasteiger partial charge in [-0.05, 0) is 58.2 Å². The lowest BCUT2D eigenvalue weighted by molar-refractivity contribution is 1.14. The van der Waals surface area contributed by atoms with Crippen molar-refractivity contribution in [2.45, 2.75) is 13.5 Å². The molecule has 94 valence electrons. The van der Waals surface area contributed by atoms with Gasteiger partial charge >= 0.3 is 0 Å². The summed E-state index contributed by atoms with van der Waals surface area (Å²) >= 11 is 3.57. The van der Waals surface area contributed by atoms with Crippen LogP contribution in [0.3, 0.4) is 0 Å². The van der Waals surface area contributed by atoms with Crippen LogP contribution >= 0.6 is 15.9 Å². The zero-order valence-corrected chi connectivity index (χ0v) is 12.2. The van der Waals surface area contributed by atoms with Gasteiger partial charge in [0, 0.05) is 29.4 Å². The van der Waals surface area contributed by atoms with Gasteiger partial charge in [-0.2, -0.15) is 0 Å². The Morgan fingerprint density at radius 3 is 2.67 bits per heavy atom. The van der Waals surface area contributed by atoms with Gasteiger partial charge in [0.2, 0.25) is 0 Å². The zero-order chi connectivity index (χ0) is 13.0. The third kappa shape index (κ3) is 3.26. The van der Waals surface area contributed by atoms with E-state index in [-0.39, 0.29) is 0 Å². The Bertz CT molecular complexity index is 538. The van der Waals surface area contributed by atoms with Crippen LogP contribution < -0.4 is 10.6 Å². The smallest absolute Gasteiger partial charge is 0.0487 e. The minimum absolute atomic E-state index is 0.817. The summed E-state index contributed by atoms with van der Waals surface area (Å²) in [4.78, 5) is 0. The van der Waals surface area contributed by atoms with Crippen LogP contribution in [0.2, 0.25) is 0 Å². The predicted octanol–water partition coefficient (Wildman–Crippen LogP) is 4.41. The third-order valence-corrected chi connectivity index (χ3v) is 3.48. The summed E-state index contributed by atoms with van der Waals surface area (Å²) in [7, 11) is 1.93. The molecule has 0 aliphatic rings. The van der Waals surface area contributed by atoms with Gasteiger partial charge in [-0.15, -0.1) is 0 Å². The molecule has 2 N–H and O–H groups in total. The first kappa shape index (κ1) is 13.0. The van der Waals surface area contributed by atoms with Crippen molar-refractivity contribution in [2.75, 3.05) is 17.7 Å². The minimum atomic E-state index is 0.817. The first-order valence-electron chi connectivity index (χ1n) is 5.96. The number of hydrogen-bond donors (Lipinski definition) is 2. The predicted molar refractivity (Wildman–Crippen MR) is 82.2 cm³/mol. The molecule has 0 saturated heterocycles. The highest BCUT2D eigenvalue weighted by molar-refractivity contribution is 9.10. The van der Waals surface area contributed by atoms with Crippen LogP contribution in [-0.2, 0) is 6.54 Å². The molecule has 0 heterocycles. The molecule has 0 bridgehead atoms. The highest BCUT2D eigenvalue weighted by Crippen LogP contribution is 2.24. The van der Waals surface area contributed by atoms with E-state index >= 15 is 0 Å². The molecule has 2 aromatic carbocycles. The summed E-state index contributed by atoms with van der Waals surface area (Å²) in [6.07, 6.45) is 0. The summed E-state index contributed by atoms with van der Waals surface area (Å²) in [5.41, 5.74) is 4.77. The molecular formula is C15H17BrN2. The van der Waals surface area contributed by atoms with Gasteiger partial charge in [-0.1, -0.05) is 18.2 Å². The molecule has 2 aromatic rings. The lowest BCUT2D eigenvalue weighted by Gasteiger charge is -2.10. The highest BCUT2D eigenvalue weighted by atomic mass is 79.9. The van der Waals surface area contributed by atoms with Crippen molar-refractivity contribution >= 4 is 27.3 Å². The minimum Gasteiger partial charge on any atom is -0.388 e. The van der Waals surface area contributed by atoms with Crippen LogP contribution in [0.4, 0.5) is 11.4 Å². The normalized spacial score (nSPS) is 10.2. The molecule has 0 saturated carbocycles.